The lowest BCUT2D eigenvalue weighted by atomic mass is 9.72. The third kappa shape index (κ3) is 3.20. The molecule has 10 heteroatoms. The third-order valence-electron chi connectivity index (χ3n) is 6.47. The van der Waals surface area contributed by atoms with Crippen molar-refractivity contribution in [1.82, 2.24) is 29.4 Å². The molecule has 0 N–H and O–H groups in total. The highest BCUT2D eigenvalue weighted by Crippen LogP contribution is 2.43. The zero-order chi connectivity index (χ0) is 22.1. The third-order valence-corrected chi connectivity index (χ3v) is 7.63. The number of hydrogen-bond acceptors (Lipinski definition) is 7. The van der Waals surface area contributed by atoms with Crippen LogP contribution in [0, 0.1) is 35.3 Å². The van der Waals surface area contributed by atoms with Gasteiger partial charge in [0, 0.05) is 4.88 Å². The summed E-state index contributed by atoms with van der Waals surface area (Å²) in [5.41, 5.74) is 3.41. The fourth-order valence-corrected chi connectivity index (χ4v) is 5.93. The maximum absolute atomic E-state index is 11.3. The van der Waals surface area contributed by atoms with Crippen molar-refractivity contribution in [3.63, 3.8) is 0 Å². The van der Waals surface area contributed by atoms with Crippen molar-refractivity contribution >= 4 is 32.9 Å². The maximum Gasteiger partial charge on any atom is 0.312 e. The number of rotatable bonds is 3. The van der Waals surface area contributed by atoms with Crippen molar-refractivity contribution in [2.75, 3.05) is 0 Å². The van der Waals surface area contributed by atoms with Crippen molar-refractivity contribution in [1.29, 1.82) is 0 Å². The van der Waals surface area contributed by atoms with Crippen LogP contribution in [0.4, 0.5) is 5.69 Å². The molecule has 0 saturated heterocycles. The molecule has 0 amide bonds. The molecule has 1 aliphatic rings. The molecular weight excluding hydrogens is 414 g/mol. The monoisotopic (exact) mass is 439 g/mol. The molecule has 9 nitrogen and oxygen atoms in total. The molecule has 5 rings (SSSR count). The minimum absolute atomic E-state index is 0.0492. The Hall–Kier alpha value is -2.88. The zero-order valence-corrected chi connectivity index (χ0v) is 19.2. The Balaban J connectivity index is 1.55. The van der Waals surface area contributed by atoms with Gasteiger partial charge in [0.2, 0.25) is 0 Å². The van der Waals surface area contributed by atoms with Gasteiger partial charge < -0.3 is 0 Å². The topological polar surface area (TPSA) is 104 Å². The van der Waals surface area contributed by atoms with E-state index in [1.165, 1.54) is 16.9 Å². The Kier molecular flexibility index (Phi) is 4.40. The minimum Gasteiger partial charge on any atom is -0.258 e. The summed E-state index contributed by atoms with van der Waals surface area (Å²) in [6.07, 6.45) is 4.99. The van der Waals surface area contributed by atoms with Crippen molar-refractivity contribution in [3.05, 3.63) is 44.1 Å². The smallest absolute Gasteiger partial charge is 0.258 e. The van der Waals surface area contributed by atoms with Gasteiger partial charge in [-0.25, -0.2) is 14.5 Å². The van der Waals surface area contributed by atoms with Crippen LogP contribution >= 0.6 is 11.3 Å². The van der Waals surface area contributed by atoms with Gasteiger partial charge in [-0.05, 0) is 50.0 Å². The molecule has 0 bridgehead atoms. The van der Waals surface area contributed by atoms with E-state index in [2.05, 4.69) is 36.0 Å². The Bertz CT molecular complexity index is 1340. The van der Waals surface area contributed by atoms with Gasteiger partial charge >= 0.3 is 5.69 Å². The number of nitrogens with zero attached hydrogens (tertiary/aromatic N) is 7. The summed E-state index contributed by atoms with van der Waals surface area (Å²) in [7, 11) is 0. The van der Waals surface area contributed by atoms with Gasteiger partial charge in [-0.1, -0.05) is 20.8 Å². The molecule has 4 aromatic heterocycles. The van der Waals surface area contributed by atoms with Crippen LogP contribution in [0.25, 0.3) is 15.9 Å². The normalized spacial score (nSPS) is 16.9. The molecule has 0 spiro atoms. The highest BCUT2D eigenvalue weighted by Gasteiger charge is 2.32. The maximum atomic E-state index is 11.3. The Morgan fingerprint density at radius 3 is 2.74 bits per heavy atom. The van der Waals surface area contributed by atoms with E-state index in [9.17, 15) is 10.1 Å². The summed E-state index contributed by atoms with van der Waals surface area (Å²) in [5.74, 6) is 1.23. The van der Waals surface area contributed by atoms with Gasteiger partial charge in [0.1, 0.15) is 29.1 Å². The lowest BCUT2D eigenvalue weighted by molar-refractivity contribution is -0.386. The zero-order valence-electron chi connectivity index (χ0n) is 18.3. The lowest BCUT2D eigenvalue weighted by Crippen LogP contribution is -2.26. The van der Waals surface area contributed by atoms with E-state index in [0.29, 0.717) is 28.5 Å². The second-order valence-corrected chi connectivity index (χ2v) is 10.5. The largest absolute Gasteiger partial charge is 0.312 e. The molecule has 0 fully saturated rings. The summed E-state index contributed by atoms with van der Waals surface area (Å²) in [4.78, 5) is 22.8. The lowest BCUT2D eigenvalue weighted by Gasteiger charge is -2.33. The van der Waals surface area contributed by atoms with E-state index in [1.807, 2.05) is 0 Å². The van der Waals surface area contributed by atoms with Crippen LogP contribution in [0.1, 0.15) is 54.8 Å². The van der Waals surface area contributed by atoms with Crippen molar-refractivity contribution in [3.8, 4) is 0 Å². The van der Waals surface area contributed by atoms with Crippen LogP contribution in [0.15, 0.2) is 6.33 Å². The molecule has 162 valence electrons. The van der Waals surface area contributed by atoms with Gasteiger partial charge in [0.25, 0.3) is 0 Å². The fraction of sp³-hybridized carbons (Fsp3) is 0.524. The summed E-state index contributed by atoms with van der Waals surface area (Å²) in [6.45, 7) is 10.6. The molecule has 0 saturated carbocycles. The standard InChI is InChI=1S/C21H25N7O2S/c1-11-18(28(29)30)12(2)26(24-11)9-16-23-19-17-14-7-6-13(21(3,4)5)8-15(14)31-20(17)22-10-27(19)25-16/h10,13H,6-9H2,1-5H3. The number of thiophene rings is 1. The molecule has 0 aliphatic heterocycles. The second kappa shape index (κ2) is 6.81. The summed E-state index contributed by atoms with van der Waals surface area (Å²) in [6, 6.07) is 0. The highest BCUT2D eigenvalue weighted by molar-refractivity contribution is 7.19. The first-order valence-corrected chi connectivity index (χ1v) is 11.3. The Morgan fingerprint density at radius 1 is 1.29 bits per heavy atom. The van der Waals surface area contributed by atoms with E-state index < -0.39 is 0 Å². The first-order valence-electron chi connectivity index (χ1n) is 10.5. The van der Waals surface area contributed by atoms with Crippen LogP contribution in [-0.2, 0) is 19.4 Å². The number of aryl methyl sites for hydroxylation is 2. The van der Waals surface area contributed by atoms with Crippen molar-refractivity contribution < 1.29 is 4.92 Å². The number of nitro groups is 1. The van der Waals surface area contributed by atoms with Crippen LogP contribution in [0.3, 0.4) is 0 Å². The average Bonchev–Trinajstić information content (AvgIpc) is 3.33. The van der Waals surface area contributed by atoms with Crippen LogP contribution in [0.5, 0.6) is 0 Å². The van der Waals surface area contributed by atoms with Gasteiger partial charge in [-0.3, -0.25) is 14.8 Å². The molecule has 1 aliphatic carbocycles. The summed E-state index contributed by atoms with van der Waals surface area (Å²) in [5, 5.41) is 21.3. The Morgan fingerprint density at radius 2 is 2.06 bits per heavy atom. The van der Waals surface area contributed by atoms with Gasteiger partial charge in [0.05, 0.1) is 10.3 Å². The second-order valence-electron chi connectivity index (χ2n) is 9.46. The van der Waals surface area contributed by atoms with Gasteiger partial charge in [-0.15, -0.1) is 16.4 Å². The fourth-order valence-electron chi connectivity index (χ4n) is 4.66. The number of fused-ring (bicyclic) bond motifs is 5. The average molecular weight is 440 g/mol. The number of hydrogen-bond donors (Lipinski definition) is 0. The molecule has 0 radical (unpaired) electrons. The SMILES string of the molecule is Cc1nn(Cc2nc3c4c5c(sc4ncn3n2)CC(C(C)(C)C)CC5)c(C)c1[N+](=O)[O-]. The van der Waals surface area contributed by atoms with Crippen LogP contribution in [0.2, 0.25) is 0 Å². The molecule has 1 atom stereocenters. The van der Waals surface area contributed by atoms with E-state index in [4.69, 9.17) is 4.98 Å². The van der Waals surface area contributed by atoms with E-state index in [0.717, 1.165) is 28.7 Å². The summed E-state index contributed by atoms with van der Waals surface area (Å²) < 4.78 is 3.32. The first kappa shape index (κ1) is 20.0. The van der Waals surface area contributed by atoms with Gasteiger partial charge in [-0.2, -0.15) is 5.10 Å². The van der Waals surface area contributed by atoms with Crippen molar-refractivity contribution in [2.24, 2.45) is 11.3 Å². The first-order chi connectivity index (χ1) is 14.6. The molecular formula is C21H25N7O2S. The minimum atomic E-state index is -0.388. The number of aromatic nitrogens is 6. The molecule has 31 heavy (non-hydrogen) atoms. The van der Waals surface area contributed by atoms with Crippen LogP contribution < -0.4 is 0 Å². The highest BCUT2D eigenvalue weighted by atomic mass is 32.1. The van der Waals surface area contributed by atoms with Gasteiger partial charge in [0.15, 0.2) is 11.5 Å². The predicted molar refractivity (Wildman–Crippen MR) is 119 cm³/mol. The summed E-state index contributed by atoms with van der Waals surface area (Å²) >= 11 is 1.77. The van der Waals surface area contributed by atoms with Crippen LogP contribution in [-0.4, -0.2) is 34.3 Å². The van der Waals surface area contributed by atoms with E-state index in [-0.39, 0.29) is 17.2 Å². The quantitative estimate of drug-likeness (QED) is 0.349. The molecule has 4 heterocycles. The van der Waals surface area contributed by atoms with E-state index in [1.54, 1.807) is 40.7 Å². The Labute approximate surface area is 183 Å². The molecule has 4 aromatic rings. The van der Waals surface area contributed by atoms with E-state index >= 15 is 0 Å². The van der Waals surface area contributed by atoms with Crippen molar-refractivity contribution in [2.45, 2.75) is 60.4 Å². The molecule has 0 aromatic carbocycles. The predicted octanol–water partition coefficient (Wildman–Crippen LogP) is 4.26. The molecule has 1 unspecified atom stereocenters.